The zero-order valence-electron chi connectivity index (χ0n) is 17.7. The van der Waals surface area contributed by atoms with Crippen LogP contribution >= 0.6 is 0 Å². The van der Waals surface area contributed by atoms with Gasteiger partial charge in [-0.2, -0.15) is 5.10 Å². The molecule has 4 fully saturated rings. The molecule has 1 saturated carbocycles. The van der Waals surface area contributed by atoms with Crippen molar-refractivity contribution in [2.24, 2.45) is 17.8 Å². The van der Waals surface area contributed by atoms with E-state index in [0.29, 0.717) is 23.9 Å². The molecule has 0 aromatic carbocycles. The highest BCUT2D eigenvalue weighted by atomic mass is 16.1. The summed E-state index contributed by atoms with van der Waals surface area (Å²) in [7, 11) is 0. The van der Waals surface area contributed by atoms with Crippen molar-refractivity contribution in [3.63, 3.8) is 0 Å². The molecule has 4 atom stereocenters. The number of rotatable bonds is 6. The fraction of sp³-hybridized carbons (Fsp3) is 0.826. The lowest BCUT2D eigenvalue weighted by atomic mass is 9.72. The number of aromatic nitrogens is 2. The summed E-state index contributed by atoms with van der Waals surface area (Å²) in [6.07, 6.45) is 13.1. The van der Waals surface area contributed by atoms with E-state index in [9.17, 15) is 4.79 Å². The van der Waals surface area contributed by atoms with Gasteiger partial charge in [-0.1, -0.05) is 19.3 Å². The Bertz CT molecular complexity index is 671. The standard InChI is InChI=1S/C23H37N5O/c29-23(11-17-5-1-2-6-17)24-13-22-19-12-18(21-7-3-4-10-28(21)22)14-27(15-19)16-20-8-9-25-26-20/h8-9,17-19,21-22H,1-7,10-16H2,(H,24,29)(H,25,26)/t18-,19+,21+,22+/m1/s1. The van der Waals surface area contributed by atoms with Crippen LogP contribution in [-0.2, 0) is 11.3 Å². The molecule has 2 bridgehead atoms. The topological polar surface area (TPSA) is 64.3 Å². The van der Waals surface area contributed by atoms with E-state index in [1.807, 2.05) is 6.20 Å². The number of carbonyl (C=O) groups is 1. The Balaban J connectivity index is 1.24. The first kappa shape index (κ1) is 19.6. The molecule has 6 heteroatoms. The summed E-state index contributed by atoms with van der Waals surface area (Å²) < 4.78 is 0. The number of aromatic amines is 1. The molecule has 160 valence electrons. The third-order valence-corrected chi connectivity index (χ3v) is 8.11. The maximum absolute atomic E-state index is 12.6. The Kier molecular flexibility index (Phi) is 5.91. The van der Waals surface area contributed by atoms with Gasteiger partial charge in [0.25, 0.3) is 0 Å². The van der Waals surface area contributed by atoms with Gasteiger partial charge in [0.15, 0.2) is 0 Å². The van der Waals surface area contributed by atoms with E-state index in [0.717, 1.165) is 32.0 Å². The number of nitrogens with zero attached hydrogens (tertiary/aromatic N) is 3. The van der Waals surface area contributed by atoms with Gasteiger partial charge in [-0.25, -0.2) is 0 Å². The largest absolute Gasteiger partial charge is 0.355 e. The Morgan fingerprint density at radius 3 is 2.79 bits per heavy atom. The summed E-state index contributed by atoms with van der Waals surface area (Å²) in [5, 5.41) is 10.6. The molecular formula is C23H37N5O. The summed E-state index contributed by atoms with van der Waals surface area (Å²) in [6.45, 7) is 5.39. The van der Waals surface area contributed by atoms with Crippen LogP contribution in [0.25, 0.3) is 0 Å². The lowest BCUT2D eigenvalue weighted by Gasteiger charge is -2.56. The van der Waals surface area contributed by atoms with Crippen LogP contribution in [-0.4, -0.2) is 64.2 Å². The van der Waals surface area contributed by atoms with Crippen LogP contribution in [0.3, 0.4) is 0 Å². The number of piperidine rings is 3. The molecule has 0 radical (unpaired) electrons. The minimum Gasteiger partial charge on any atom is -0.355 e. The number of nitrogens with one attached hydrogen (secondary N) is 2. The SMILES string of the molecule is O=C(CC1CCCC1)NC[C@H]1[C@H]2C[C@H](CN(Cc3ccn[nH]3)C2)[C@@H]2CCCCN21. The highest BCUT2D eigenvalue weighted by Crippen LogP contribution is 2.41. The van der Waals surface area contributed by atoms with Crippen LogP contribution < -0.4 is 5.32 Å². The summed E-state index contributed by atoms with van der Waals surface area (Å²) >= 11 is 0. The number of hydrogen-bond donors (Lipinski definition) is 2. The van der Waals surface area contributed by atoms with E-state index in [-0.39, 0.29) is 5.91 Å². The smallest absolute Gasteiger partial charge is 0.220 e. The summed E-state index contributed by atoms with van der Waals surface area (Å²) in [5.41, 5.74) is 1.21. The second kappa shape index (κ2) is 8.76. The fourth-order valence-electron chi connectivity index (χ4n) is 6.80. The number of likely N-dealkylation sites (tertiary alicyclic amines) is 1. The molecule has 3 saturated heterocycles. The average Bonchev–Trinajstić information content (AvgIpc) is 3.42. The molecule has 3 aliphatic heterocycles. The van der Waals surface area contributed by atoms with E-state index < -0.39 is 0 Å². The lowest BCUT2D eigenvalue weighted by Crippen LogP contribution is -2.65. The number of H-pyrrole nitrogens is 1. The highest BCUT2D eigenvalue weighted by molar-refractivity contribution is 5.76. The number of amides is 1. The second-order valence-electron chi connectivity index (χ2n) is 10.1. The molecule has 2 N–H and O–H groups in total. The fourth-order valence-corrected chi connectivity index (χ4v) is 6.80. The Morgan fingerprint density at radius 1 is 1.14 bits per heavy atom. The predicted octanol–water partition coefficient (Wildman–Crippen LogP) is 2.78. The lowest BCUT2D eigenvalue weighted by molar-refractivity contribution is -0.123. The second-order valence-corrected chi connectivity index (χ2v) is 10.1. The van der Waals surface area contributed by atoms with E-state index >= 15 is 0 Å². The molecule has 1 aliphatic carbocycles. The van der Waals surface area contributed by atoms with Gasteiger partial charge >= 0.3 is 0 Å². The van der Waals surface area contributed by atoms with Gasteiger partial charge in [-0.05, 0) is 62.5 Å². The van der Waals surface area contributed by atoms with Crippen molar-refractivity contribution in [3.05, 3.63) is 18.0 Å². The molecule has 0 spiro atoms. The highest BCUT2D eigenvalue weighted by Gasteiger charge is 2.47. The van der Waals surface area contributed by atoms with Gasteiger partial charge < -0.3 is 5.32 Å². The summed E-state index contributed by atoms with van der Waals surface area (Å²) in [6, 6.07) is 3.31. The quantitative estimate of drug-likeness (QED) is 0.772. The Labute approximate surface area is 174 Å². The molecule has 1 amide bonds. The molecular weight excluding hydrogens is 362 g/mol. The zero-order chi connectivity index (χ0) is 19.6. The van der Waals surface area contributed by atoms with Crippen LogP contribution in [0.5, 0.6) is 0 Å². The van der Waals surface area contributed by atoms with Crippen LogP contribution in [0.15, 0.2) is 12.3 Å². The molecule has 1 aromatic heterocycles. The first-order valence-corrected chi connectivity index (χ1v) is 12.0. The molecule has 4 heterocycles. The minimum absolute atomic E-state index is 0.290. The number of hydrogen-bond acceptors (Lipinski definition) is 4. The maximum Gasteiger partial charge on any atom is 0.220 e. The third kappa shape index (κ3) is 4.38. The van der Waals surface area contributed by atoms with Gasteiger partial charge in [-0.15, -0.1) is 0 Å². The van der Waals surface area contributed by atoms with E-state index in [1.54, 1.807) is 0 Å². The van der Waals surface area contributed by atoms with Crippen LogP contribution in [0.2, 0.25) is 0 Å². The zero-order valence-corrected chi connectivity index (χ0v) is 17.7. The van der Waals surface area contributed by atoms with Gasteiger partial charge in [0.1, 0.15) is 0 Å². The first-order chi connectivity index (χ1) is 14.3. The Morgan fingerprint density at radius 2 is 1.97 bits per heavy atom. The number of fused-ring (bicyclic) bond motifs is 4. The van der Waals surface area contributed by atoms with Gasteiger partial charge in [0.2, 0.25) is 5.91 Å². The summed E-state index contributed by atoms with van der Waals surface area (Å²) in [5.74, 6) is 2.37. The number of carbonyl (C=O) groups excluding carboxylic acids is 1. The van der Waals surface area contributed by atoms with Crippen LogP contribution in [0.4, 0.5) is 0 Å². The first-order valence-electron chi connectivity index (χ1n) is 12.0. The molecule has 29 heavy (non-hydrogen) atoms. The molecule has 0 unspecified atom stereocenters. The predicted molar refractivity (Wildman–Crippen MR) is 113 cm³/mol. The molecule has 1 aromatic rings. The normalized spacial score (nSPS) is 33.5. The maximum atomic E-state index is 12.6. The van der Waals surface area contributed by atoms with E-state index in [1.165, 1.54) is 70.2 Å². The third-order valence-electron chi connectivity index (χ3n) is 8.11. The monoisotopic (exact) mass is 399 g/mol. The molecule has 5 rings (SSSR count). The Hall–Kier alpha value is -1.40. The van der Waals surface area contributed by atoms with Gasteiger partial charge in [0.05, 0.1) is 0 Å². The van der Waals surface area contributed by atoms with Gasteiger partial charge in [0, 0.05) is 56.6 Å². The van der Waals surface area contributed by atoms with Crippen molar-refractivity contribution in [3.8, 4) is 0 Å². The van der Waals surface area contributed by atoms with Crippen molar-refractivity contribution in [1.29, 1.82) is 0 Å². The van der Waals surface area contributed by atoms with Crippen molar-refractivity contribution < 1.29 is 4.79 Å². The van der Waals surface area contributed by atoms with E-state index in [2.05, 4.69) is 31.4 Å². The molecule has 4 aliphatic rings. The summed E-state index contributed by atoms with van der Waals surface area (Å²) in [4.78, 5) is 18.0. The van der Waals surface area contributed by atoms with Gasteiger partial charge in [-0.3, -0.25) is 19.7 Å². The van der Waals surface area contributed by atoms with Crippen molar-refractivity contribution >= 4 is 5.91 Å². The molecule has 6 nitrogen and oxygen atoms in total. The van der Waals surface area contributed by atoms with Crippen molar-refractivity contribution in [2.45, 2.75) is 76.4 Å². The minimum atomic E-state index is 0.290. The van der Waals surface area contributed by atoms with Crippen LogP contribution in [0, 0.1) is 17.8 Å². The van der Waals surface area contributed by atoms with E-state index in [4.69, 9.17) is 0 Å². The van der Waals surface area contributed by atoms with Crippen molar-refractivity contribution in [1.82, 2.24) is 25.3 Å². The van der Waals surface area contributed by atoms with Crippen molar-refractivity contribution in [2.75, 3.05) is 26.2 Å². The van der Waals surface area contributed by atoms with Crippen LogP contribution in [0.1, 0.15) is 63.5 Å². The average molecular weight is 400 g/mol.